The van der Waals surface area contributed by atoms with Crippen LogP contribution in [0.2, 0.25) is 0 Å². The van der Waals surface area contributed by atoms with Gasteiger partial charge in [0.2, 0.25) is 0 Å². The van der Waals surface area contributed by atoms with E-state index < -0.39 is 0 Å². The zero-order valence-corrected chi connectivity index (χ0v) is 14.2. The second-order valence-electron chi connectivity index (χ2n) is 6.85. The van der Waals surface area contributed by atoms with Gasteiger partial charge in [-0.05, 0) is 37.8 Å². The molecule has 0 bridgehead atoms. The Morgan fingerprint density at radius 2 is 2.12 bits per heavy atom. The van der Waals surface area contributed by atoms with E-state index in [-0.39, 0.29) is 12.5 Å². The molecule has 0 saturated heterocycles. The summed E-state index contributed by atoms with van der Waals surface area (Å²) in [5.74, 6) is 0.321. The normalized spacial score (nSPS) is 19.3. The highest BCUT2D eigenvalue weighted by molar-refractivity contribution is 6.28. The minimum atomic E-state index is -0.0981. The number of para-hydroxylation sites is 1. The fraction of sp³-hybridized carbons (Fsp3) is 0.400. The molecule has 1 aliphatic heterocycles. The van der Waals surface area contributed by atoms with Crippen LogP contribution in [0.4, 0.5) is 0 Å². The Labute approximate surface area is 147 Å². The number of hydrazone groups is 1. The van der Waals surface area contributed by atoms with E-state index in [1.165, 1.54) is 6.42 Å². The summed E-state index contributed by atoms with van der Waals surface area (Å²) in [5, 5.41) is 14.4. The summed E-state index contributed by atoms with van der Waals surface area (Å²) < 4.78 is 2.21. The molecule has 1 amide bonds. The molecule has 0 radical (unpaired) electrons. The number of carbonyl (C=O) groups is 1. The molecule has 4 rings (SSSR count). The van der Waals surface area contributed by atoms with Crippen LogP contribution in [-0.4, -0.2) is 27.9 Å². The van der Waals surface area contributed by atoms with Crippen LogP contribution in [0.5, 0.6) is 0 Å². The first-order valence-corrected chi connectivity index (χ1v) is 9.06. The first kappa shape index (κ1) is 16.1. The Kier molecular flexibility index (Phi) is 4.40. The molecule has 2 heterocycles. The number of hydrogen-bond acceptors (Lipinski definition) is 3. The smallest absolute Gasteiger partial charge is 0.273 e. The average molecular weight is 337 g/mol. The summed E-state index contributed by atoms with van der Waals surface area (Å²) in [7, 11) is 0. The third-order valence-corrected chi connectivity index (χ3v) is 5.22. The largest absolute Gasteiger partial charge is 0.396 e. The zero-order valence-electron chi connectivity index (χ0n) is 14.2. The molecule has 2 N–H and O–H groups in total. The van der Waals surface area contributed by atoms with Crippen LogP contribution >= 0.6 is 0 Å². The predicted molar refractivity (Wildman–Crippen MR) is 99.2 cm³/mol. The minimum Gasteiger partial charge on any atom is -0.396 e. The lowest BCUT2D eigenvalue weighted by Crippen LogP contribution is -2.23. The van der Waals surface area contributed by atoms with E-state index in [1.807, 2.05) is 18.2 Å². The SMILES string of the molecule is O=C1NN=C(C2CCC2)/C1=C\c1cn(CCCCO)c2ccccc12. The summed E-state index contributed by atoms with van der Waals surface area (Å²) in [4.78, 5) is 12.3. The number of carbonyl (C=O) groups excluding carboxylic acids is 1. The van der Waals surface area contributed by atoms with Crippen molar-refractivity contribution in [2.45, 2.75) is 38.6 Å². The molecule has 2 aliphatic rings. The van der Waals surface area contributed by atoms with Crippen molar-refractivity contribution in [2.75, 3.05) is 6.61 Å². The first-order valence-electron chi connectivity index (χ1n) is 9.06. The van der Waals surface area contributed by atoms with Crippen LogP contribution in [0.1, 0.15) is 37.7 Å². The number of fused-ring (bicyclic) bond motifs is 1. The molecule has 0 unspecified atom stereocenters. The quantitative estimate of drug-likeness (QED) is 0.628. The molecule has 2 aromatic rings. The van der Waals surface area contributed by atoms with Gasteiger partial charge in [-0.2, -0.15) is 5.10 Å². The van der Waals surface area contributed by atoms with Gasteiger partial charge in [0.1, 0.15) is 0 Å². The fourth-order valence-corrected chi connectivity index (χ4v) is 3.60. The van der Waals surface area contributed by atoms with Gasteiger partial charge in [0, 0.05) is 41.7 Å². The van der Waals surface area contributed by atoms with Crippen LogP contribution < -0.4 is 5.43 Å². The highest BCUT2D eigenvalue weighted by atomic mass is 16.2. The van der Waals surface area contributed by atoms with E-state index >= 15 is 0 Å². The summed E-state index contributed by atoms with van der Waals surface area (Å²) in [6.07, 6.45) is 9.28. The molecule has 25 heavy (non-hydrogen) atoms. The summed E-state index contributed by atoms with van der Waals surface area (Å²) in [6, 6.07) is 8.26. The van der Waals surface area contributed by atoms with Crippen molar-refractivity contribution in [1.29, 1.82) is 0 Å². The average Bonchev–Trinajstić information content (AvgIpc) is 3.10. The molecule has 0 spiro atoms. The minimum absolute atomic E-state index is 0.0981. The maximum absolute atomic E-state index is 12.3. The molecular weight excluding hydrogens is 314 g/mol. The lowest BCUT2D eigenvalue weighted by molar-refractivity contribution is -0.116. The number of nitrogens with one attached hydrogen (secondary N) is 1. The van der Waals surface area contributed by atoms with Crippen molar-refractivity contribution in [3.63, 3.8) is 0 Å². The van der Waals surface area contributed by atoms with Crippen molar-refractivity contribution in [2.24, 2.45) is 11.0 Å². The number of nitrogens with zero attached hydrogens (tertiary/aromatic N) is 2. The Balaban J connectivity index is 1.71. The summed E-state index contributed by atoms with van der Waals surface area (Å²) in [6.45, 7) is 1.08. The van der Waals surface area contributed by atoms with Crippen molar-refractivity contribution < 1.29 is 9.90 Å². The van der Waals surface area contributed by atoms with E-state index in [0.29, 0.717) is 11.5 Å². The maximum atomic E-state index is 12.3. The molecule has 1 aromatic heterocycles. The predicted octanol–water partition coefficient (Wildman–Crippen LogP) is 3.08. The molecule has 5 nitrogen and oxygen atoms in total. The highest BCUT2D eigenvalue weighted by Crippen LogP contribution is 2.33. The fourth-order valence-electron chi connectivity index (χ4n) is 3.60. The Hall–Kier alpha value is -2.40. The molecule has 0 atom stereocenters. The number of rotatable bonds is 6. The van der Waals surface area contributed by atoms with Crippen LogP contribution in [0, 0.1) is 5.92 Å². The third-order valence-electron chi connectivity index (χ3n) is 5.22. The van der Waals surface area contributed by atoms with E-state index in [0.717, 1.165) is 54.4 Å². The van der Waals surface area contributed by atoms with Crippen LogP contribution in [0.25, 0.3) is 17.0 Å². The van der Waals surface area contributed by atoms with Crippen molar-refractivity contribution in [1.82, 2.24) is 9.99 Å². The zero-order chi connectivity index (χ0) is 17.2. The van der Waals surface area contributed by atoms with E-state index in [4.69, 9.17) is 5.11 Å². The Morgan fingerprint density at radius 3 is 2.88 bits per heavy atom. The number of aliphatic hydroxyl groups is 1. The van der Waals surface area contributed by atoms with Gasteiger partial charge in [-0.25, -0.2) is 5.43 Å². The second kappa shape index (κ2) is 6.84. The van der Waals surface area contributed by atoms with Crippen LogP contribution in [0.15, 0.2) is 41.1 Å². The number of aliphatic hydroxyl groups excluding tert-OH is 1. The van der Waals surface area contributed by atoms with Gasteiger partial charge < -0.3 is 9.67 Å². The standard InChI is InChI=1S/C20H23N3O2/c24-11-4-3-10-23-13-15(16-8-1-2-9-18(16)23)12-17-19(14-6-5-7-14)21-22-20(17)25/h1-2,8-9,12-14,24H,3-7,10-11H2,(H,22,25)/b17-12+. The number of amides is 1. The van der Waals surface area contributed by atoms with Crippen molar-refractivity contribution in [3.05, 3.63) is 41.6 Å². The topological polar surface area (TPSA) is 66.6 Å². The lowest BCUT2D eigenvalue weighted by atomic mass is 9.79. The maximum Gasteiger partial charge on any atom is 0.273 e. The number of unbranched alkanes of at least 4 members (excludes halogenated alkanes) is 1. The van der Waals surface area contributed by atoms with Crippen LogP contribution in [0.3, 0.4) is 0 Å². The highest BCUT2D eigenvalue weighted by Gasteiger charge is 2.32. The van der Waals surface area contributed by atoms with Gasteiger partial charge in [-0.3, -0.25) is 4.79 Å². The molecule has 1 aromatic carbocycles. The van der Waals surface area contributed by atoms with Gasteiger partial charge in [0.05, 0.1) is 11.3 Å². The molecule has 5 heteroatoms. The first-order chi connectivity index (χ1) is 12.3. The second-order valence-corrected chi connectivity index (χ2v) is 6.85. The van der Waals surface area contributed by atoms with E-state index in [9.17, 15) is 4.79 Å². The number of aromatic nitrogens is 1. The molecular formula is C20H23N3O2. The van der Waals surface area contributed by atoms with Gasteiger partial charge in [-0.15, -0.1) is 0 Å². The summed E-state index contributed by atoms with van der Waals surface area (Å²) >= 11 is 0. The van der Waals surface area contributed by atoms with Gasteiger partial charge in [0.15, 0.2) is 0 Å². The summed E-state index contributed by atoms with van der Waals surface area (Å²) in [5.41, 5.74) is 6.48. The number of hydrogen-bond donors (Lipinski definition) is 2. The molecule has 130 valence electrons. The Morgan fingerprint density at radius 1 is 1.28 bits per heavy atom. The molecule has 1 aliphatic carbocycles. The monoisotopic (exact) mass is 337 g/mol. The van der Waals surface area contributed by atoms with E-state index in [2.05, 4.69) is 33.4 Å². The van der Waals surface area contributed by atoms with Crippen molar-refractivity contribution >= 4 is 28.6 Å². The Bertz CT molecular complexity index is 859. The van der Waals surface area contributed by atoms with Crippen LogP contribution in [-0.2, 0) is 11.3 Å². The molecule has 1 saturated carbocycles. The number of aryl methyl sites for hydroxylation is 1. The third kappa shape index (κ3) is 3.00. The number of benzene rings is 1. The van der Waals surface area contributed by atoms with Crippen molar-refractivity contribution in [3.8, 4) is 0 Å². The lowest BCUT2D eigenvalue weighted by Gasteiger charge is -2.24. The van der Waals surface area contributed by atoms with E-state index in [1.54, 1.807) is 0 Å². The molecule has 1 fully saturated rings. The van der Waals surface area contributed by atoms with Gasteiger partial charge in [0.25, 0.3) is 5.91 Å². The van der Waals surface area contributed by atoms with Gasteiger partial charge in [-0.1, -0.05) is 24.6 Å². The van der Waals surface area contributed by atoms with Gasteiger partial charge >= 0.3 is 0 Å².